The zero-order valence-corrected chi connectivity index (χ0v) is 16.9. The fraction of sp³-hybridized carbons (Fsp3) is 0.450. The summed E-state index contributed by atoms with van der Waals surface area (Å²) >= 11 is 0. The Bertz CT molecular complexity index is 758. The highest BCUT2D eigenvalue weighted by Gasteiger charge is 2.12. The number of rotatable bonds is 9. The molecule has 27 heavy (non-hydrogen) atoms. The maximum absolute atomic E-state index is 12.6. The van der Waals surface area contributed by atoms with Gasteiger partial charge in [-0.2, -0.15) is 0 Å². The molecule has 0 saturated heterocycles. The summed E-state index contributed by atoms with van der Waals surface area (Å²) in [6, 6.07) is 7.74. The molecule has 0 spiro atoms. The Labute approximate surface area is 161 Å². The summed E-state index contributed by atoms with van der Waals surface area (Å²) in [6.45, 7) is 9.79. The molecule has 146 valence electrons. The molecule has 0 unspecified atom stereocenters. The number of carbonyl (C=O) groups excluding carboxylic acids is 1. The zero-order valence-electron chi connectivity index (χ0n) is 16.9. The molecule has 0 aliphatic rings. The van der Waals surface area contributed by atoms with Crippen molar-refractivity contribution in [2.24, 2.45) is 0 Å². The van der Waals surface area contributed by atoms with Crippen LogP contribution in [0.4, 0.5) is 17.2 Å². The highest BCUT2D eigenvalue weighted by molar-refractivity contribution is 6.03. The summed E-state index contributed by atoms with van der Waals surface area (Å²) in [7, 11) is 4.02. The van der Waals surface area contributed by atoms with Crippen molar-refractivity contribution in [3.8, 4) is 0 Å². The molecule has 1 aromatic heterocycles. The standard InChI is InChI=1S/C20H30N6O/c1-6-26(7-2)16-8-9-17(15(3)12-16)24-20(27)18-13-19(23-14-22-18)21-10-11-25(4)5/h8-9,12-14H,6-7,10-11H2,1-5H3,(H,24,27)(H,21,22,23). The Balaban J connectivity index is 2.06. The van der Waals surface area contributed by atoms with Crippen molar-refractivity contribution in [3.63, 3.8) is 0 Å². The van der Waals surface area contributed by atoms with E-state index in [1.807, 2.05) is 33.2 Å². The van der Waals surface area contributed by atoms with Crippen molar-refractivity contribution in [2.45, 2.75) is 20.8 Å². The number of nitrogens with zero attached hydrogens (tertiary/aromatic N) is 4. The molecular formula is C20H30N6O. The van der Waals surface area contributed by atoms with E-state index in [1.165, 1.54) is 6.33 Å². The Morgan fingerprint density at radius 2 is 1.85 bits per heavy atom. The highest BCUT2D eigenvalue weighted by atomic mass is 16.1. The van der Waals surface area contributed by atoms with Gasteiger partial charge in [-0.3, -0.25) is 4.79 Å². The first-order valence-corrected chi connectivity index (χ1v) is 9.32. The van der Waals surface area contributed by atoms with E-state index < -0.39 is 0 Å². The van der Waals surface area contributed by atoms with Gasteiger partial charge in [0.25, 0.3) is 5.91 Å². The highest BCUT2D eigenvalue weighted by Crippen LogP contribution is 2.23. The van der Waals surface area contributed by atoms with Gasteiger partial charge in [0.15, 0.2) is 0 Å². The second-order valence-corrected chi connectivity index (χ2v) is 6.64. The van der Waals surface area contributed by atoms with Gasteiger partial charge in [0.1, 0.15) is 17.8 Å². The van der Waals surface area contributed by atoms with E-state index in [9.17, 15) is 4.79 Å². The lowest BCUT2D eigenvalue weighted by molar-refractivity contribution is 0.102. The quantitative estimate of drug-likeness (QED) is 0.707. The third kappa shape index (κ3) is 5.92. The Hall–Kier alpha value is -2.67. The number of carbonyl (C=O) groups is 1. The SMILES string of the molecule is CCN(CC)c1ccc(NC(=O)c2cc(NCCN(C)C)ncn2)c(C)c1. The van der Waals surface area contributed by atoms with Crippen molar-refractivity contribution in [3.05, 3.63) is 41.9 Å². The molecule has 1 amide bonds. The normalized spacial score (nSPS) is 10.7. The number of anilines is 3. The van der Waals surface area contributed by atoms with E-state index in [1.54, 1.807) is 6.07 Å². The second kappa shape index (κ2) is 9.87. The summed E-state index contributed by atoms with van der Waals surface area (Å²) in [5.74, 6) is 0.400. The first-order valence-electron chi connectivity index (χ1n) is 9.32. The number of aryl methyl sites for hydroxylation is 1. The van der Waals surface area contributed by atoms with Crippen molar-refractivity contribution in [1.82, 2.24) is 14.9 Å². The lowest BCUT2D eigenvalue weighted by Gasteiger charge is -2.22. The summed E-state index contributed by atoms with van der Waals surface area (Å²) < 4.78 is 0. The predicted octanol–water partition coefficient (Wildman–Crippen LogP) is 2.86. The summed E-state index contributed by atoms with van der Waals surface area (Å²) in [5, 5.41) is 6.15. The molecule has 0 aliphatic carbocycles. The van der Waals surface area contributed by atoms with Crippen LogP contribution in [0.15, 0.2) is 30.6 Å². The molecule has 0 bridgehead atoms. The van der Waals surface area contributed by atoms with Gasteiger partial charge in [0.2, 0.25) is 0 Å². The minimum atomic E-state index is -0.244. The summed E-state index contributed by atoms with van der Waals surface area (Å²) in [6.07, 6.45) is 1.41. The molecule has 0 fully saturated rings. The van der Waals surface area contributed by atoms with Crippen LogP contribution >= 0.6 is 0 Å². The average Bonchev–Trinajstić information content (AvgIpc) is 2.64. The molecule has 0 aliphatic heterocycles. The van der Waals surface area contributed by atoms with E-state index in [0.29, 0.717) is 11.5 Å². The Kier molecular flexibility index (Phi) is 7.55. The molecule has 7 nitrogen and oxygen atoms in total. The topological polar surface area (TPSA) is 73.4 Å². The van der Waals surface area contributed by atoms with Crippen molar-refractivity contribution in [2.75, 3.05) is 55.8 Å². The molecule has 0 saturated carbocycles. The van der Waals surface area contributed by atoms with Crippen LogP contribution in [-0.2, 0) is 0 Å². The number of benzene rings is 1. The fourth-order valence-corrected chi connectivity index (χ4v) is 2.75. The number of hydrogen-bond donors (Lipinski definition) is 2. The molecule has 0 atom stereocenters. The Morgan fingerprint density at radius 1 is 1.11 bits per heavy atom. The van der Waals surface area contributed by atoms with Crippen LogP contribution in [0.2, 0.25) is 0 Å². The van der Waals surface area contributed by atoms with E-state index in [-0.39, 0.29) is 5.91 Å². The monoisotopic (exact) mass is 370 g/mol. The third-order valence-electron chi connectivity index (χ3n) is 4.35. The lowest BCUT2D eigenvalue weighted by Crippen LogP contribution is -2.22. The summed E-state index contributed by atoms with van der Waals surface area (Å²) in [4.78, 5) is 25.2. The van der Waals surface area contributed by atoms with Gasteiger partial charge in [0.05, 0.1) is 0 Å². The minimum Gasteiger partial charge on any atom is -0.372 e. The van der Waals surface area contributed by atoms with E-state index >= 15 is 0 Å². The average molecular weight is 371 g/mol. The number of likely N-dealkylation sites (N-methyl/N-ethyl adjacent to an activating group) is 1. The van der Waals surface area contributed by atoms with Crippen LogP contribution in [-0.4, -0.2) is 61.0 Å². The molecule has 1 heterocycles. The molecule has 2 rings (SSSR count). The van der Waals surface area contributed by atoms with Gasteiger partial charge in [-0.25, -0.2) is 9.97 Å². The molecular weight excluding hydrogens is 340 g/mol. The van der Waals surface area contributed by atoms with E-state index in [0.717, 1.165) is 43.1 Å². The maximum atomic E-state index is 12.6. The predicted molar refractivity (Wildman–Crippen MR) is 112 cm³/mol. The van der Waals surface area contributed by atoms with Crippen molar-refractivity contribution < 1.29 is 4.79 Å². The lowest BCUT2D eigenvalue weighted by atomic mass is 10.1. The van der Waals surface area contributed by atoms with E-state index in [2.05, 4.69) is 50.3 Å². The first kappa shape index (κ1) is 20.6. The Morgan fingerprint density at radius 3 is 2.48 bits per heavy atom. The first-order chi connectivity index (χ1) is 12.9. The van der Waals surface area contributed by atoms with Gasteiger partial charge in [-0.1, -0.05) is 0 Å². The smallest absolute Gasteiger partial charge is 0.274 e. The molecule has 1 aromatic carbocycles. The van der Waals surface area contributed by atoms with Crippen molar-refractivity contribution >= 4 is 23.1 Å². The number of nitrogens with one attached hydrogen (secondary N) is 2. The summed E-state index contributed by atoms with van der Waals surface area (Å²) in [5.41, 5.74) is 3.30. The van der Waals surface area contributed by atoms with Crippen LogP contribution in [0.5, 0.6) is 0 Å². The molecule has 2 aromatic rings. The van der Waals surface area contributed by atoms with Crippen LogP contribution < -0.4 is 15.5 Å². The molecule has 2 N–H and O–H groups in total. The van der Waals surface area contributed by atoms with Crippen molar-refractivity contribution in [1.29, 1.82) is 0 Å². The van der Waals surface area contributed by atoms with Gasteiger partial charge < -0.3 is 20.4 Å². The number of hydrogen-bond acceptors (Lipinski definition) is 6. The van der Waals surface area contributed by atoms with Crippen LogP contribution in [0.1, 0.15) is 29.9 Å². The minimum absolute atomic E-state index is 0.244. The van der Waals surface area contributed by atoms with E-state index in [4.69, 9.17) is 0 Å². The number of aromatic nitrogens is 2. The van der Waals surface area contributed by atoms with Crippen LogP contribution in [0.3, 0.4) is 0 Å². The van der Waals surface area contributed by atoms with Crippen LogP contribution in [0, 0.1) is 6.92 Å². The van der Waals surface area contributed by atoms with Gasteiger partial charge in [-0.15, -0.1) is 0 Å². The van der Waals surface area contributed by atoms with Crippen LogP contribution in [0.25, 0.3) is 0 Å². The van der Waals surface area contributed by atoms with Gasteiger partial charge >= 0.3 is 0 Å². The fourth-order valence-electron chi connectivity index (χ4n) is 2.75. The third-order valence-corrected chi connectivity index (χ3v) is 4.35. The molecule has 7 heteroatoms. The van der Waals surface area contributed by atoms with Gasteiger partial charge in [-0.05, 0) is 58.6 Å². The maximum Gasteiger partial charge on any atom is 0.274 e. The molecule has 0 radical (unpaired) electrons. The van der Waals surface area contributed by atoms with Gasteiger partial charge in [0, 0.05) is 43.6 Å². The zero-order chi connectivity index (χ0) is 19.8. The second-order valence-electron chi connectivity index (χ2n) is 6.64. The number of amides is 1. The largest absolute Gasteiger partial charge is 0.372 e.